The van der Waals surface area contributed by atoms with Crippen molar-refractivity contribution in [1.29, 1.82) is 0 Å². The molecule has 1 unspecified atom stereocenters. The number of nitrogens with one attached hydrogen (secondary N) is 1. The Morgan fingerprint density at radius 2 is 1.80 bits per heavy atom. The van der Waals surface area contributed by atoms with E-state index < -0.39 is 9.84 Å². The molecular weight excluding hydrogens is 210 g/mol. The van der Waals surface area contributed by atoms with Crippen LogP contribution in [0.4, 0.5) is 0 Å². The van der Waals surface area contributed by atoms with Crippen molar-refractivity contribution >= 4 is 9.84 Å². The molecule has 0 fully saturated rings. The van der Waals surface area contributed by atoms with Gasteiger partial charge in [0.1, 0.15) is 0 Å². The molecule has 15 heavy (non-hydrogen) atoms. The summed E-state index contributed by atoms with van der Waals surface area (Å²) in [6.07, 6.45) is 2.82. The van der Waals surface area contributed by atoms with Crippen molar-refractivity contribution in [3.63, 3.8) is 0 Å². The molecule has 0 rings (SSSR count). The molecule has 1 atom stereocenters. The lowest BCUT2D eigenvalue weighted by Gasteiger charge is -2.13. The number of sulfone groups is 1. The Morgan fingerprint density at radius 1 is 1.20 bits per heavy atom. The van der Waals surface area contributed by atoms with E-state index in [-0.39, 0.29) is 5.25 Å². The summed E-state index contributed by atoms with van der Waals surface area (Å²) in [5, 5.41) is 3.11. The van der Waals surface area contributed by atoms with Gasteiger partial charge in [-0.1, -0.05) is 6.92 Å². The van der Waals surface area contributed by atoms with Gasteiger partial charge in [-0.2, -0.15) is 0 Å². The largest absolute Gasteiger partial charge is 0.314 e. The minimum Gasteiger partial charge on any atom is -0.314 e. The molecule has 0 spiro atoms. The lowest BCUT2D eigenvalue weighted by Crippen LogP contribution is -2.27. The van der Waals surface area contributed by atoms with Crippen LogP contribution >= 0.6 is 0 Å². The van der Waals surface area contributed by atoms with E-state index in [2.05, 4.69) is 19.2 Å². The number of hydrogen-bond donors (Lipinski definition) is 1. The molecule has 92 valence electrons. The Morgan fingerprint density at radius 3 is 2.27 bits per heavy atom. The van der Waals surface area contributed by atoms with Gasteiger partial charge in [0, 0.05) is 6.04 Å². The maximum Gasteiger partial charge on any atom is 0.152 e. The molecular formula is C11H25NO2S. The molecule has 0 aliphatic carbocycles. The first-order chi connectivity index (χ1) is 6.90. The minimum absolute atomic E-state index is 0.239. The normalized spacial score (nSPS) is 14.5. The van der Waals surface area contributed by atoms with Crippen molar-refractivity contribution in [2.75, 3.05) is 12.3 Å². The fraction of sp³-hybridized carbons (Fsp3) is 1.00. The third-order valence-electron chi connectivity index (χ3n) is 2.53. The van der Waals surface area contributed by atoms with Crippen LogP contribution in [0.5, 0.6) is 0 Å². The maximum absolute atomic E-state index is 11.5. The summed E-state index contributed by atoms with van der Waals surface area (Å²) in [5.74, 6) is 0.322. The average molecular weight is 235 g/mol. The molecule has 0 aliphatic rings. The lowest BCUT2D eigenvalue weighted by molar-refractivity contribution is 0.505. The van der Waals surface area contributed by atoms with Crippen LogP contribution < -0.4 is 5.32 Å². The smallest absolute Gasteiger partial charge is 0.152 e. The van der Waals surface area contributed by atoms with Crippen LogP contribution in [0.25, 0.3) is 0 Å². The monoisotopic (exact) mass is 235 g/mol. The zero-order valence-electron chi connectivity index (χ0n) is 10.4. The van der Waals surface area contributed by atoms with Gasteiger partial charge in [-0.25, -0.2) is 8.42 Å². The highest BCUT2D eigenvalue weighted by molar-refractivity contribution is 7.91. The summed E-state index contributed by atoms with van der Waals surface area (Å²) in [6, 6.07) is 0.423. The summed E-state index contributed by atoms with van der Waals surface area (Å²) in [5.41, 5.74) is 0. The quantitative estimate of drug-likeness (QED) is 0.700. The molecule has 0 aliphatic heterocycles. The molecule has 0 bridgehead atoms. The SMILES string of the molecule is CCCNC(C)CCCS(=O)(=O)C(C)C. The Bertz CT molecular complexity index is 247. The molecule has 0 aromatic carbocycles. The molecule has 0 aromatic rings. The van der Waals surface area contributed by atoms with Crippen molar-refractivity contribution in [3.8, 4) is 0 Å². The predicted molar refractivity (Wildman–Crippen MR) is 65.9 cm³/mol. The van der Waals surface area contributed by atoms with E-state index in [0.717, 1.165) is 25.8 Å². The molecule has 1 N–H and O–H groups in total. The summed E-state index contributed by atoms with van der Waals surface area (Å²) >= 11 is 0. The third kappa shape index (κ3) is 6.90. The van der Waals surface area contributed by atoms with Gasteiger partial charge in [0.25, 0.3) is 0 Å². The van der Waals surface area contributed by atoms with Gasteiger partial charge in [0.05, 0.1) is 11.0 Å². The Labute approximate surface area is 94.6 Å². The molecule has 0 saturated heterocycles. The van der Waals surface area contributed by atoms with E-state index in [1.807, 2.05) is 0 Å². The Hall–Kier alpha value is -0.0900. The van der Waals surface area contributed by atoms with Gasteiger partial charge in [-0.3, -0.25) is 0 Å². The Balaban J connectivity index is 3.70. The van der Waals surface area contributed by atoms with E-state index in [4.69, 9.17) is 0 Å². The van der Waals surface area contributed by atoms with Crippen LogP contribution in [0, 0.1) is 0 Å². The molecule has 3 nitrogen and oxygen atoms in total. The van der Waals surface area contributed by atoms with E-state index in [0.29, 0.717) is 11.8 Å². The topological polar surface area (TPSA) is 46.2 Å². The summed E-state index contributed by atoms with van der Waals surface area (Å²) < 4.78 is 23.0. The maximum atomic E-state index is 11.5. The van der Waals surface area contributed by atoms with Crippen LogP contribution in [0.15, 0.2) is 0 Å². The van der Waals surface area contributed by atoms with Gasteiger partial charge in [0.2, 0.25) is 0 Å². The first-order valence-electron chi connectivity index (χ1n) is 5.85. The Kier molecular flexibility index (Phi) is 7.18. The first-order valence-corrected chi connectivity index (χ1v) is 7.56. The highest BCUT2D eigenvalue weighted by Gasteiger charge is 2.15. The number of hydrogen-bond acceptors (Lipinski definition) is 3. The van der Waals surface area contributed by atoms with Crippen molar-refractivity contribution in [3.05, 3.63) is 0 Å². The van der Waals surface area contributed by atoms with E-state index >= 15 is 0 Å². The second-order valence-corrected chi connectivity index (χ2v) is 7.09. The molecule has 0 radical (unpaired) electrons. The van der Waals surface area contributed by atoms with Crippen molar-refractivity contribution in [2.24, 2.45) is 0 Å². The van der Waals surface area contributed by atoms with Crippen LogP contribution in [0.2, 0.25) is 0 Å². The molecule has 0 aromatic heterocycles. The third-order valence-corrected chi connectivity index (χ3v) is 4.82. The van der Waals surface area contributed by atoms with Crippen molar-refractivity contribution < 1.29 is 8.42 Å². The predicted octanol–water partition coefficient (Wildman–Crippen LogP) is 1.98. The highest BCUT2D eigenvalue weighted by atomic mass is 32.2. The van der Waals surface area contributed by atoms with Gasteiger partial charge in [-0.05, 0) is 46.6 Å². The van der Waals surface area contributed by atoms with Crippen molar-refractivity contribution in [1.82, 2.24) is 5.32 Å². The highest BCUT2D eigenvalue weighted by Crippen LogP contribution is 2.06. The zero-order valence-corrected chi connectivity index (χ0v) is 11.2. The number of rotatable bonds is 8. The molecule has 4 heteroatoms. The summed E-state index contributed by atoms with van der Waals surface area (Å²) in [6.45, 7) is 8.74. The second kappa shape index (κ2) is 7.23. The van der Waals surface area contributed by atoms with Crippen LogP contribution in [-0.4, -0.2) is 32.0 Å². The van der Waals surface area contributed by atoms with E-state index in [9.17, 15) is 8.42 Å². The second-order valence-electron chi connectivity index (χ2n) is 4.41. The van der Waals surface area contributed by atoms with Gasteiger partial charge in [-0.15, -0.1) is 0 Å². The summed E-state index contributed by atoms with van der Waals surface area (Å²) in [7, 11) is -2.84. The van der Waals surface area contributed by atoms with Crippen LogP contribution in [0.3, 0.4) is 0 Å². The van der Waals surface area contributed by atoms with E-state index in [1.165, 1.54) is 0 Å². The van der Waals surface area contributed by atoms with Crippen LogP contribution in [-0.2, 0) is 9.84 Å². The molecule has 0 heterocycles. The molecule has 0 saturated carbocycles. The fourth-order valence-electron chi connectivity index (χ4n) is 1.32. The standard InChI is InChI=1S/C11H25NO2S/c1-5-8-12-11(4)7-6-9-15(13,14)10(2)3/h10-12H,5-9H2,1-4H3. The van der Waals surface area contributed by atoms with Crippen LogP contribution in [0.1, 0.15) is 47.0 Å². The van der Waals surface area contributed by atoms with Gasteiger partial charge in [0.15, 0.2) is 9.84 Å². The first kappa shape index (κ1) is 14.9. The average Bonchev–Trinajstić information content (AvgIpc) is 2.14. The van der Waals surface area contributed by atoms with Gasteiger partial charge < -0.3 is 5.32 Å². The van der Waals surface area contributed by atoms with Gasteiger partial charge >= 0.3 is 0 Å². The zero-order chi connectivity index (χ0) is 11.9. The van der Waals surface area contributed by atoms with Crippen molar-refractivity contribution in [2.45, 2.75) is 58.2 Å². The molecule has 0 amide bonds. The summed E-state index contributed by atoms with van der Waals surface area (Å²) in [4.78, 5) is 0. The van der Waals surface area contributed by atoms with E-state index in [1.54, 1.807) is 13.8 Å². The fourth-order valence-corrected chi connectivity index (χ4v) is 2.36. The lowest BCUT2D eigenvalue weighted by atomic mass is 10.2. The minimum atomic E-state index is -2.84.